The van der Waals surface area contributed by atoms with Crippen molar-refractivity contribution >= 4 is 17.4 Å². The molecule has 2 aromatic rings. The van der Waals surface area contributed by atoms with E-state index in [0.29, 0.717) is 21.9 Å². The van der Waals surface area contributed by atoms with Crippen molar-refractivity contribution in [1.29, 1.82) is 0 Å². The van der Waals surface area contributed by atoms with E-state index in [9.17, 15) is 4.39 Å². The van der Waals surface area contributed by atoms with Crippen LogP contribution in [0.15, 0.2) is 30.5 Å². The van der Waals surface area contributed by atoms with E-state index >= 15 is 0 Å². The van der Waals surface area contributed by atoms with Crippen LogP contribution < -0.4 is 10.5 Å². The first-order valence-corrected chi connectivity index (χ1v) is 5.24. The van der Waals surface area contributed by atoms with Gasteiger partial charge in [-0.2, -0.15) is 0 Å². The number of nitrogens with zero attached hydrogens (tertiary/aromatic N) is 1. The maximum absolute atomic E-state index is 13.3. The van der Waals surface area contributed by atoms with Crippen LogP contribution in [-0.2, 0) is 0 Å². The first-order chi connectivity index (χ1) is 8.11. The average molecular weight is 253 g/mol. The molecule has 0 fully saturated rings. The second-order valence-electron chi connectivity index (χ2n) is 3.43. The van der Waals surface area contributed by atoms with E-state index in [2.05, 4.69) is 4.98 Å². The van der Waals surface area contributed by atoms with Gasteiger partial charge in [0.05, 0.1) is 12.1 Å². The number of hydrogen-bond acceptors (Lipinski definition) is 3. The first kappa shape index (κ1) is 11.7. The van der Waals surface area contributed by atoms with Crippen LogP contribution in [0.2, 0.25) is 5.02 Å². The summed E-state index contributed by atoms with van der Waals surface area (Å²) in [4.78, 5) is 3.93. The predicted molar refractivity (Wildman–Crippen MR) is 65.6 cm³/mol. The van der Waals surface area contributed by atoms with Gasteiger partial charge in [-0.3, -0.25) is 0 Å². The summed E-state index contributed by atoms with van der Waals surface area (Å²) in [6, 6.07) is 5.81. The largest absolute Gasteiger partial charge is 0.496 e. The van der Waals surface area contributed by atoms with E-state index in [0.717, 1.165) is 0 Å². The quantitative estimate of drug-likeness (QED) is 0.893. The van der Waals surface area contributed by atoms with Crippen LogP contribution in [0.4, 0.5) is 10.2 Å². The van der Waals surface area contributed by atoms with E-state index < -0.39 is 0 Å². The molecule has 0 aliphatic rings. The molecule has 0 spiro atoms. The molecule has 3 nitrogen and oxygen atoms in total. The zero-order valence-corrected chi connectivity index (χ0v) is 9.83. The third kappa shape index (κ3) is 2.31. The van der Waals surface area contributed by atoms with Crippen molar-refractivity contribution in [2.75, 3.05) is 12.8 Å². The van der Waals surface area contributed by atoms with Crippen LogP contribution in [0.5, 0.6) is 5.75 Å². The number of methoxy groups -OCH3 is 1. The molecule has 1 aromatic carbocycles. The molecule has 0 saturated carbocycles. The number of anilines is 1. The van der Waals surface area contributed by atoms with E-state index in [1.54, 1.807) is 6.07 Å². The monoisotopic (exact) mass is 252 g/mol. The molecular formula is C12H10ClFN2O. The lowest BCUT2D eigenvalue weighted by atomic mass is 10.1. The predicted octanol–water partition coefficient (Wildman–Crippen LogP) is 3.13. The fourth-order valence-corrected chi connectivity index (χ4v) is 1.71. The van der Waals surface area contributed by atoms with Crippen LogP contribution >= 0.6 is 11.6 Å². The Morgan fingerprint density at radius 1 is 1.29 bits per heavy atom. The van der Waals surface area contributed by atoms with Crippen molar-refractivity contribution < 1.29 is 9.13 Å². The van der Waals surface area contributed by atoms with Crippen molar-refractivity contribution in [1.82, 2.24) is 4.98 Å². The van der Waals surface area contributed by atoms with Gasteiger partial charge in [0.1, 0.15) is 17.4 Å². The fourth-order valence-electron chi connectivity index (χ4n) is 1.56. The van der Waals surface area contributed by atoms with E-state index in [-0.39, 0.29) is 11.6 Å². The van der Waals surface area contributed by atoms with E-state index in [4.69, 9.17) is 22.1 Å². The summed E-state index contributed by atoms with van der Waals surface area (Å²) in [5.74, 6) is 0.417. The Kier molecular flexibility index (Phi) is 3.15. The number of halogens is 2. The molecular weight excluding hydrogens is 243 g/mol. The highest BCUT2D eigenvalue weighted by atomic mass is 35.5. The topological polar surface area (TPSA) is 48.1 Å². The third-order valence-corrected chi connectivity index (χ3v) is 2.54. The van der Waals surface area contributed by atoms with Gasteiger partial charge in [-0.15, -0.1) is 0 Å². The van der Waals surface area contributed by atoms with Crippen molar-refractivity contribution in [2.45, 2.75) is 0 Å². The Labute approximate surface area is 103 Å². The molecule has 0 unspecified atom stereocenters. The minimum absolute atomic E-state index is 0.276. The average Bonchev–Trinajstić information content (AvgIpc) is 2.32. The molecule has 2 N–H and O–H groups in total. The first-order valence-electron chi connectivity index (χ1n) is 4.86. The Morgan fingerprint density at radius 2 is 2.06 bits per heavy atom. The van der Waals surface area contributed by atoms with Crippen molar-refractivity contribution in [3.63, 3.8) is 0 Å². The number of benzene rings is 1. The molecule has 5 heteroatoms. The molecule has 0 radical (unpaired) electrons. The van der Waals surface area contributed by atoms with E-state index in [1.807, 2.05) is 0 Å². The van der Waals surface area contributed by atoms with Crippen LogP contribution in [-0.4, -0.2) is 12.1 Å². The number of ether oxygens (including phenoxy) is 1. The zero-order valence-electron chi connectivity index (χ0n) is 9.08. The van der Waals surface area contributed by atoms with Gasteiger partial charge >= 0.3 is 0 Å². The summed E-state index contributed by atoms with van der Waals surface area (Å²) in [6.45, 7) is 0. The summed E-state index contributed by atoms with van der Waals surface area (Å²) in [5.41, 5.74) is 6.83. The smallest absolute Gasteiger partial charge is 0.131 e. The zero-order chi connectivity index (χ0) is 12.4. The minimum Gasteiger partial charge on any atom is -0.496 e. The van der Waals surface area contributed by atoms with Gasteiger partial charge in [-0.1, -0.05) is 11.6 Å². The van der Waals surface area contributed by atoms with Crippen LogP contribution in [0, 0.1) is 5.82 Å². The van der Waals surface area contributed by atoms with Crippen molar-refractivity contribution in [2.24, 2.45) is 0 Å². The summed E-state index contributed by atoms with van der Waals surface area (Å²) in [7, 11) is 1.50. The van der Waals surface area contributed by atoms with E-state index in [1.165, 1.54) is 31.5 Å². The Bertz CT molecular complexity index is 560. The van der Waals surface area contributed by atoms with Gasteiger partial charge in [0.2, 0.25) is 0 Å². The highest BCUT2D eigenvalue weighted by Gasteiger charge is 2.11. The van der Waals surface area contributed by atoms with Gasteiger partial charge in [-0.25, -0.2) is 9.37 Å². The standard InChI is InChI=1S/C12H10ClFN2O/c1-17-11-3-2-8(14)5-9(11)10-4-7(13)6-16-12(10)15/h2-6H,1H3,(H2,15,16). The van der Waals surface area contributed by atoms with Crippen molar-refractivity contribution in [3.05, 3.63) is 41.3 Å². The molecule has 17 heavy (non-hydrogen) atoms. The molecule has 0 bridgehead atoms. The van der Waals surface area contributed by atoms with Gasteiger partial charge < -0.3 is 10.5 Å². The third-order valence-electron chi connectivity index (χ3n) is 2.34. The second-order valence-corrected chi connectivity index (χ2v) is 3.87. The Morgan fingerprint density at radius 3 is 2.76 bits per heavy atom. The van der Waals surface area contributed by atoms with Gasteiger partial charge in [0.25, 0.3) is 0 Å². The molecule has 0 saturated heterocycles. The summed E-state index contributed by atoms with van der Waals surface area (Å²) in [6.07, 6.45) is 1.44. The lowest BCUT2D eigenvalue weighted by Gasteiger charge is -2.10. The summed E-state index contributed by atoms with van der Waals surface area (Å²) in [5, 5.41) is 0.431. The number of nitrogen functional groups attached to an aromatic ring is 1. The van der Waals surface area contributed by atoms with Crippen molar-refractivity contribution in [3.8, 4) is 16.9 Å². The summed E-state index contributed by atoms with van der Waals surface area (Å²) >= 11 is 5.85. The van der Waals surface area contributed by atoms with Crippen LogP contribution in [0.1, 0.15) is 0 Å². The van der Waals surface area contributed by atoms with Gasteiger partial charge in [0, 0.05) is 17.3 Å². The molecule has 2 rings (SSSR count). The highest BCUT2D eigenvalue weighted by Crippen LogP contribution is 2.34. The number of hydrogen-bond donors (Lipinski definition) is 1. The molecule has 0 amide bonds. The maximum atomic E-state index is 13.3. The fraction of sp³-hybridized carbons (Fsp3) is 0.0833. The SMILES string of the molecule is COc1ccc(F)cc1-c1cc(Cl)cnc1N. The Balaban J connectivity index is 2.66. The summed E-state index contributed by atoms with van der Waals surface area (Å²) < 4.78 is 18.4. The molecule has 0 aliphatic carbocycles. The number of pyridine rings is 1. The second kappa shape index (κ2) is 4.59. The molecule has 1 aromatic heterocycles. The number of rotatable bonds is 2. The normalized spacial score (nSPS) is 10.3. The van der Waals surface area contributed by atoms with Gasteiger partial charge in [0.15, 0.2) is 0 Å². The molecule has 0 atom stereocenters. The Hall–Kier alpha value is -1.81. The maximum Gasteiger partial charge on any atom is 0.131 e. The number of nitrogens with two attached hydrogens (primary N) is 1. The molecule has 1 heterocycles. The van der Waals surface area contributed by atoms with Crippen LogP contribution in [0.25, 0.3) is 11.1 Å². The lowest BCUT2D eigenvalue weighted by molar-refractivity contribution is 0.415. The van der Waals surface area contributed by atoms with Gasteiger partial charge in [-0.05, 0) is 24.3 Å². The molecule has 88 valence electrons. The number of aromatic nitrogens is 1. The molecule has 0 aliphatic heterocycles. The highest BCUT2D eigenvalue weighted by molar-refractivity contribution is 6.30. The lowest BCUT2D eigenvalue weighted by Crippen LogP contribution is -1.96. The minimum atomic E-state index is -0.375. The van der Waals surface area contributed by atoms with Crippen LogP contribution in [0.3, 0.4) is 0 Å².